The highest BCUT2D eigenvalue weighted by Gasteiger charge is 2.56. The quantitative estimate of drug-likeness (QED) is 0.460. The van der Waals surface area contributed by atoms with E-state index in [0.29, 0.717) is 6.42 Å². The SMILES string of the molecule is C[Si](C)(C)C1(CC(=O)c2ccsc2)CO1. The first-order valence-electron chi connectivity index (χ1n) is 5.14. The Bertz CT molecular complexity index is 360. The summed E-state index contributed by atoms with van der Waals surface area (Å²) in [7, 11) is -1.39. The van der Waals surface area contributed by atoms with Crippen LogP contribution in [0.25, 0.3) is 0 Å². The highest BCUT2D eigenvalue weighted by atomic mass is 32.1. The van der Waals surface area contributed by atoms with Crippen molar-refractivity contribution in [3.63, 3.8) is 0 Å². The lowest BCUT2D eigenvalue weighted by molar-refractivity contribution is 0.0963. The lowest BCUT2D eigenvalue weighted by Gasteiger charge is -2.24. The van der Waals surface area contributed by atoms with Crippen LogP contribution >= 0.6 is 11.3 Å². The van der Waals surface area contributed by atoms with Crippen molar-refractivity contribution in [3.8, 4) is 0 Å². The number of rotatable bonds is 4. The molecule has 1 unspecified atom stereocenters. The number of hydrogen-bond donors (Lipinski definition) is 0. The molecule has 4 heteroatoms. The number of Topliss-reactive ketones (excluding diaryl/α,β-unsaturated/α-hetero) is 1. The topological polar surface area (TPSA) is 29.6 Å². The van der Waals surface area contributed by atoms with Crippen molar-refractivity contribution in [2.24, 2.45) is 0 Å². The van der Waals surface area contributed by atoms with Gasteiger partial charge in [0.1, 0.15) is 0 Å². The van der Waals surface area contributed by atoms with Crippen molar-refractivity contribution in [1.29, 1.82) is 0 Å². The van der Waals surface area contributed by atoms with E-state index in [1.807, 2.05) is 16.8 Å². The van der Waals surface area contributed by atoms with Gasteiger partial charge in [0.05, 0.1) is 19.9 Å². The fraction of sp³-hybridized carbons (Fsp3) is 0.545. The maximum atomic E-state index is 12.0. The molecule has 1 aromatic heterocycles. The fourth-order valence-corrected chi connectivity index (χ4v) is 3.96. The van der Waals surface area contributed by atoms with Gasteiger partial charge in [0.25, 0.3) is 0 Å². The predicted molar refractivity (Wildman–Crippen MR) is 65.3 cm³/mol. The van der Waals surface area contributed by atoms with Gasteiger partial charge in [-0.2, -0.15) is 11.3 Å². The van der Waals surface area contributed by atoms with E-state index in [9.17, 15) is 4.79 Å². The minimum absolute atomic E-state index is 0.0774. The minimum atomic E-state index is -1.39. The summed E-state index contributed by atoms with van der Waals surface area (Å²) in [5.74, 6) is 0.233. The third kappa shape index (κ3) is 2.07. The normalized spacial score (nSPS) is 25.3. The average Bonchev–Trinajstić information content (AvgIpc) is 2.74. The number of ether oxygens (including phenoxy) is 1. The van der Waals surface area contributed by atoms with E-state index in [0.717, 1.165) is 12.2 Å². The summed E-state index contributed by atoms with van der Waals surface area (Å²) in [4.78, 5) is 12.0. The standard InChI is InChI=1S/C11H16O2SSi/c1-15(2,3)11(8-13-11)6-10(12)9-4-5-14-7-9/h4-5,7H,6,8H2,1-3H3. The van der Waals surface area contributed by atoms with Crippen LogP contribution in [-0.2, 0) is 4.74 Å². The summed E-state index contributed by atoms with van der Waals surface area (Å²) in [6.45, 7) is 7.57. The van der Waals surface area contributed by atoms with Crippen LogP contribution in [0.5, 0.6) is 0 Å². The van der Waals surface area contributed by atoms with E-state index in [-0.39, 0.29) is 11.0 Å². The molecule has 1 atom stereocenters. The third-order valence-electron chi connectivity index (χ3n) is 3.15. The monoisotopic (exact) mass is 240 g/mol. The second kappa shape index (κ2) is 3.54. The van der Waals surface area contributed by atoms with Crippen LogP contribution in [-0.4, -0.2) is 25.7 Å². The summed E-state index contributed by atoms with van der Waals surface area (Å²) < 4.78 is 5.57. The molecule has 0 saturated carbocycles. The molecule has 0 bridgehead atoms. The number of epoxide rings is 1. The van der Waals surface area contributed by atoms with Crippen LogP contribution in [0.15, 0.2) is 16.8 Å². The Morgan fingerprint density at radius 2 is 2.27 bits per heavy atom. The Balaban J connectivity index is 2.08. The Kier molecular flexibility index (Phi) is 2.61. The van der Waals surface area contributed by atoms with Gasteiger partial charge in [-0.1, -0.05) is 19.6 Å². The van der Waals surface area contributed by atoms with Crippen LogP contribution in [0, 0.1) is 0 Å². The molecule has 2 nitrogen and oxygen atoms in total. The van der Waals surface area contributed by atoms with Gasteiger partial charge in [-0.05, 0) is 11.4 Å². The van der Waals surface area contributed by atoms with Crippen LogP contribution in [0.3, 0.4) is 0 Å². The van der Waals surface area contributed by atoms with Crippen molar-refractivity contribution in [3.05, 3.63) is 22.4 Å². The number of carbonyl (C=O) groups excluding carboxylic acids is 1. The Morgan fingerprint density at radius 3 is 2.67 bits per heavy atom. The Hall–Kier alpha value is -0.453. The number of thiophene rings is 1. The van der Waals surface area contributed by atoms with Gasteiger partial charge in [-0.15, -0.1) is 0 Å². The van der Waals surface area contributed by atoms with Crippen molar-refractivity contribution in [2.75, 3.05) is 6.61 Å². The van der Waals surface area contributed by atoms with E-state index in [1.165, 1.54) is 0 Å². The molecule has 1 aromatic rings. The molecule has 0 aromatic carbocycles. The van der Waals surface area contributed by atoms with Gasteiger partial charge in [0.2, 0.25) is 0 Å². The molecule has 1 aliphatic rings. The van der Waals surface area contributed by atoms with Gasteiger partial charge in [-0.3, -0.25) is 4.79 Å². The van der Waals surface area contributed by atoms with Crippen molar-refractivity contribution < 1.29 is 9.53 Å². The molecule has 1 fully saturated rings. The molecule has 2 rings (SSSR count). The van der Waals surface area contributed by atoms with E-state index in [2.05, 4.69) is 19.6 Å². The van der Waals surface area contributed by atoms with Gasteiger partial charge in [0.15, 0.2) is 5.78 Å². The van der Waals surface area contributed by atoms with Crippen LogP contribution in [0.1, 0.15) is 16.8 Å². The summed E-state index contributed by atoms with van der Waals surface area (Å²) in [5, 5.41) is 3.79. The highest BCUT2D eigenvalue weighted by Crippen LogP contribution is 2.41. The van der Waals surface area contributed by atoms with E-state index >= 15 is 0 Å². The molecule has 0 aliphatic carbocycles. The number of carbonyl (C=O) groups is 1. The molecule has 1 aliphatic heterocycles. The predicted octanol–water partition coefficient (Wildman–Crippen LogP) is 2.97. The van der Waals surface area contributed by atoms with Crippen molar-refractivity contribution >= 4 is 25.2 Å². The molecule has 0 radical (unpaired) electrons. The van der Waals surface area contributed by atoms with Crippen molar-refractivity contribution in [2.45, 2.75) is 31.3 Å². The zero-order valence-corrected chi connectivity index (χ0v) is 11.2. The zero-order valence-electron chi connectivity index (χ0n) is 9.37. The first-order valence-corrected chi connectivity index (χ1v) is 9.58. The summed E-state index contributed by atoms with van der Waals surface area (Å²) in [6, 6.07) is 1.90. The molecular weight excluding hydrogens is 224 g/mol. The molecule has 0 spiro atoms. The number of hydrogen-bond acceptors (Lipinski definition) is 3. The maximum Gasteiger partial charge on any atom is 0.166 e. The molecule has 82 valence electrons. The molecular formula is C11H16O2SSi. The Labute approximate surface area is 95.3 Å². The van der Waals surface area contributed by atoms with Crippen LogP contribution in [0.4, 0.5) is 0 Å². The highest BCUT2D eigenvalue weighted by molar-refractivity contribution is 7.08. The van der Waals surface area contributed by atoms with Gasteiger partial charge in [0, 0.05) is 17.4 Å². The smallest absolute Gasteiger partial charge is 0.166 e. The molecule has 1 saturated heterocycles. The molecule has 2 heterocycles. The summed E-state index contributed by atoms with van der Waals surface area (Å²) in [5.41, 5.74) is 0.841. The average molecular weight is 240 g/mol. The maximum absolute atomic E-state index is 12.0. The summed E-state index contributed by atoms with van der Waals surface area (Å²) in [6.07, 6.45) is 0.569. The molecule has 0 N–H and O–H groups in total. The largest absolute Gasteiger partial charge is 0.373 e. The number of ketones is 1. The zero-order chi connectivity index (χ0) is 11.1. The van der Waals surface area contributed by atoms with Gasteiger partial charge in [-0.25, -0.2) is 0 Å². The first-order chi connectivity index (χ1) is 6.95. The Morgan fingerprint density at radius 1 is 1.60 bits per heavy atom. The van der Waals surface area contributed by atoms with Crippen molar-refractivity contribution in [1.82, 2.24) is 0 Å². The van der Waals surface area contributed by atoms with E-state index in [1.54, 1.807) is 11.3 Å². The first kappa shape index (κ1) is 11.0. The lowest BCUT2D eigenvalue weighted by Crippen LogP contribution is -2.43. The summed E-state index contributed by atoms with van der Waals surface area (Å²) >= 11 is 1.57. The fourth-order valence-electron chi connectivity index (χ4n) is 1.67. The lowest BCUT2D eigenvalue weighted by atomic mass is 10.1. The van der Waals surface area contributed by atoms with E-state index < -0.39 is 8.07 Å². The van der Waals surface area contributed by atoms with Crippen LogP contribution < -0.4 is 0 Å². The molecule has 0 amide bonds. The second-order valence-electron chi connectivity index (χ2n) is 5.14. The molecule has 15 heavy (non-hydrogen) atoms. The minimum Gasteiger partial charge on any atom is -0.373 e. The van der Waals surface area contributed by atoms with Gasteiger partial charge < -0.3 is 4.74 Å². The van der Waals surface area contributed by atoms with E-state index in [4.69, 9.17) is 4.74 Å². The third-order valence-corrected chi connectivity index (χ3v) is 7.03. The van der Waals surface area contributed by atoms with Gasteiger partial charge >= 0.3 is 0 Å². The van der Waals surface area contributed by atoms with Crippen LogP contribution in [0.2, 0.25) is 19.6 Å². The second-order valence-corrected chi connectivity index (χ2v) is 11.3.